The summed E-state index contributed by atoms with van der Waals surface area (Å²) in [7, 11) is 0. The minimum absolute atomic E-state index is 0.107. The van der Waals surface area contributed by atoms with E-state index in [1.54, 1.807) is 6.08 Å². The maximum atomic E-state index is 13.1. The Balaban J connectivity index is 1.90. The van der Waals surface area contributed by atoms with Crippen molar-refractivity contribution >= 4 is 23.6 Å². The molecule has 0 unspecified atom stereocenters. The summed E-state index contributed by atoms with van der Waals surface area (Å²) in [5, 5.41) is 20.1. The first-order valence-corrected chi connectivity index (χ1v) is 9.80. The molecule has 0 radical (unpaired) electrons. The molecule has 32 heavy (non-hydrogen) atoms. The number of benzene rings is 2. The van der Waals surface area contributed by atoms with E-state index in [0.29, 0.717) is 5.56 Å². The van der Waals surface area contributed by atoms with Crippen molar-refractivity contribution in [2.45, 2.75) is 26.4 Å². The molecule has 0 saturated carbocycles. The van der Waals surface area contributed by atoms with E-state index in [0.717, 1.165) is 29.9 Å². The molecule has 2 N–H and O–H groups in total. The average Bonchev–Trinajstić information content (AvgIpc) is 2.75. The first-order valence-electron chi connectivity index (χ1n) is 9.80. The number of esters is 1. The van der Waals surface area contributed by atoms with E-state index in [2.05, 4.69) is 0 Å². The third-order valence-corrected chi connectivity index (χ3v) is 4.81. The number of rotatable bonds is 6. The van der Waals surface area contributed by atoms with E-state index in [1.165, 1.54) is 30.3 Å². The van der Waals surface area contributed by atoms with Gasteiger partial charge in [0.15, 0.2) is 11.6 Å². The predicted octanol–water partition coefficient (Wildman–Crippen LogP) is 4.52. The second-order valence-electron chi connectivity index (χ2n) is 7.47. The summed E-state index contributed by atoms with van der Waals surface area (Å²) in [6.45, 7) is 3.66. The fourth-order valence-corrected chi connectivity index (χ4v) is 3.22. The Morgan fingerprint density at radius 1 is 1.03 bits per heavy atom. The van der Waals surface area contributed by atoms with Crippen molar-refractivity contribution in [2.24, 2.45) is 0 Å². The molecule has 0 saturated heterocycles. The van der Waals surface area contributed by atoms with Crippen molar-refractivity contribution in [3.63, 3.8) is 0 Å². The Morgan fingerprint density at radius 3 is 2.28 bits per heavy atom. The second-order valence-corrected chi connectivity index (χ2v) is 7.47. The fourth-order valence-electron chi connectivity index (χ4n) is 3.22. The molecule has 3 rings (SSSR count). The molecule has 0 spiro atoms. The number of halogens is 1. The summed E-state index contributed by atoms with van der Waals surface area (Å²) in [5.74, 6) is -3.45. The molecule has 2 aromatic rings. The minimum Gasteiger partial charge on any atom is -0.507 e. The predicted molar refractivity (Wildman–Crippen MR) is 116 cm³/mol. The van der Waals surface area contributed by atoms with E-state index in [1.807, 2.05) is 13.8 Å². The van der Waals surface area contributed by atoms with Gasteiger partial charge in [-0.3, -0.25) is 9.59 Å². The van der Waals surface area contributed by atoms with Crippen LogP contribution in [0.2, 0.25) is 0 Å². The van der Waals surface area contributed by atoms with Crippen molar-refractivity contribution in [2.75, 3.05) is 0 Å². The molecule has 0 bridgehead atoms. The standard InChI is InChI=1S/C25H21FO6/c1-14(2)3-11-21(32-22(30)12-6-15-4-7-16(26)8-5-15)17-13-20(29)23-18(27)9-10-19(28)24(23)25(17)31/h3-10,12-13,21,27-28H,11H2,1-2H3/b12-6+/t21-/m1/s1. The third-order valence-electron chi connectivity index (χ3n) is 4.81. The zero-order valence-electron chi connectivity index (χ0n) is 17.5. The Kier molecular flexibility index (Phi) is 6.68. The Hall–Kier alpha value is -4.00. The van der Waals surface area contributed by atoms with Crippen LogP contribution in [0.1, 0.15) is 46.5 Å². The molecule has 1 aliphatic rings. The van der Waals surface area contributed by atoms with Gasteiger partial charge in [-0.25, -0.2) is 9.18 Å². The van der Waals surface area contributed by atoms with Gasteiger partial charge >= 0.3 is 5.97 Å². The molecular formula is C25H21FO6. The van der Waals surface area contributed by atoms with E-state index >= 15 is 0 Å². The number of ether oxygens (including phenoxy) is 1. The third kappa shape index (κ3) is 5.00. The normalized spacial score (nSPS) is 14.0. The van der Waals surface area contributed by atoms with Crippen LogP contribution in [0.3, 0.4) is 0 Å². The highest BCUT2D eigenvalue weighted by Crippen LogP contribution is 2.36. The van der Waals surface area contributed by atoms with Crippen LogP contribution in [0.5, 0.6) is 11.5 Å². The Labute approximate surface area is 184 Å². The van der Waals surface area contributed by atoms with Crippen LogP contribution in [0, 0.1) is 5.82 Å². The molecule has 0 amide bonds. The van der Waals surface area contributed by atoms with Crippen LogP contribution in [-0.4, -0.2) is 33.9 Å². The zero-order chi connectivity index (χ0) is 23.4. The number of Topliss-reactive ketones (excluding diaryl/α,β-unsaturated/α-hetero) is 1. The second kappa shape index (κ2) is 9.43. The van der Waals surface area contributed by atoms with Crippen LogP contribution in [0.4, 0.5) is 4.39 Å². The number of hydrogen-bond donors (Lipinski definition) is 2. The molecular weight excluding hydrogens is 415 g/mol. The highest BCUT2D eigenvalue weighted by Gasteiger charge is 2.35. The SMILES string of the molecule is CC(C)=CC[C@@H](OC(=O)/C=C/c1ccc(F)cc1)C1=CC(=O)c2c(O)ccc(O)c2C1=O. The van der Waals surface area contributed by atoms with Gasteiger partial charge in [0.1, 0.15) is 23.4 Å². The van der Waals surface area contributed by atoms with Gasteiger partial charge < -0.3 is 14.9 Å². The van der Waals surface area contributed by atoms with Crippen molar-refractivity contribution in [1.29, 1.82) is 0 Å². The summed E-state index contributed by atoms with van der Waals surface area (Å²) >= 11 is 0. The summed E-state index contributed by atoms with van der Waals surface area (Å²) in [5.41, 5.74) is 0.755. The van der Waals surface area contributed by atoms with Crippen LogP contribution in [0.15, 0.2) is 65.8 Å². The Bertz CT molecular complexity index is 1170. The van der Waals surface area contributed by atoms with E-state index in [4.69, 9.17) is 4.74 Å². The molecule has 1 aliphatic carbocycles. The summed E-state index contributed by atoms with van der Waals surface area (Å²) in [6, 6.07) is 7.71. The smallest absolute Gasteiger partial charge is 0.331 e. The van der Waals surface area contributed by atoms with Crippen LogP contribution >= 0.6 is 0 Å². The van der Waals surface area contributed by atoms with Gasteiger partial charge in [0.05, 0.1) is 11.1 Å². The lowest BCUT2D eigenvalue weighted by molar-refractivity contribution is -0.140. The number of phenols is 2. The van der Waals surface area contributed by atoms with Gasteiger partial charge in [-0.15, -0.1) is 0 Å². The zero-order valence-corrected chi connectivity index (χ0v) is 17.5. The number of carbonyl (C=O) groups excluding carboxylic acids is 3. The van der Waals surface area contributed by atoms with Crippen LogP contribution < -0.4 is 0 Å². The van der Waals surface area contributed by atoms with Gasteiger partial charge in [0.25, 0.3) is 0 Å². The van der Waals surface area contributed by atoms with E-state index < -0.39 is 41.0 Å². The highest BCUT2D eigenvalue weighted by molar-refractivity contribution is 6.27. The van der Waals surface area contributed by atoms with Gasteiger partial charge in [-0.05, 0) is 55.8 Å². The number of hydrogen-bond acceptors (Lipinski definition) is 6. The lowest BCUT2D eigenvalue weighted by Gasteiger charge is -2.23. The summed E-state index contributed by atoms with van der Waals surface area (Å²) in [4.78, 5) is 38.1. The van der Waals surface area contributed by atoms with Crippen LogP contribution in [-0.2, 0) is 9.53 Å². The number of allylic oxidation sites excluding steroid dienone is 2. The number of aromatic hydroxyl groups is 2. The quantitative estimate of drug-likeness (QED) is 0.299. The highest BCUT2D eigenvalue weighted by atomic mass is 19.1. The topological polar surface area (TPSA) is 101 Å². The van der Waals surface area contributed by atoms with Crippen LogP contribution in [0.25, 0.3) is 6.08 Å². The lowest BCUT2D eigenvalue weighted by Crippen LogP contribution is -2.28. The molecule has 1 atom stereocenters. The number of phenolic OH excluding ortho intramolecular Hbond substituents is 2. The maximum absolute atomic E-state index is 13.1. The summed E-state index contributed by atoms with van der Waals surface area (Å²) < 4.78 is 18.5. The van der Waals surface area contributed by atoms with Crippen molar-refractivity contribution in [3.05, 3.63) is 88.3 Å². The fraction of sp³-hybridized carbons (Fsp3) is 0.160. The average molecular weight is 436 g/mol. The van der Waals surface area contributed by atoms with Crippen molar-refractivity contribution < 1.29 is 33.7 Å². The van der Waals surface area contributed by atoms with E-state index in [-0.39, 0.29) is 23.1 Å². The number of ketones is 2. The number of carbonyl (C=O) groups is 3. The first kappa shape index (κ1) is 22.7. The van der Waals surface area contributed by atoms with Crippen molar-refractivity contribution in [1.82, 2.24) is 0 Å². The molecule has 0 fully saturated rings. The van der Waals surface area contributed by atoms with Gasteiger partial charge in [-0.1, -0.05) is 23.8 Å². The molecule has 7 heteroatoms. The number of fused-ring (bicyclic) bond motifs is 1. The largest absolute Gasteiger partial charge is 0.507 e. The summed E-state index contributed by atoms with van der Waals surface area (Å²) in [6.07, 6.45) is 4.36. The maximum Gasteiger partial charge on any atom is 0.331 e. The lowest BCUT2D eigenvalue weighted by atomic mass is 9.85. The van der Waals surface area contributed by atoms with Crippen molar-refractivity contribution in [3.8, 4) is 11.5 Å². The molecule has 0 aromatic heterocycles. The minimum atomic E-state index is -1.10. The monoisotopic (exact) mass is 436 g/mol. The molecule has 6 nitrogen and oxygen atoms in total. The molecule has 0 aliphatic heterocycles. The Morgan fingerprint density at radius 2 is 1.66 bits per heavy atom. The molecule has 164 valence electrons. The van der Waals surface area contributed by atoms with Gasteiger partial charge in [0.2, 0.25) is 0 Å². The van der Waals surface area contributed by atoms with Gasteiger partial charge in [0, 0.05) is 18.1 Å². The molecule has 0 heterocycles. The van der Waals surface area contributed by atoms with E-state index in [9.17, 15) is 29.0 Å². The van der Waals surface area contributed by atoms with Gasteiger partial charge in [-0.2, -0.15) is 0 Å². The first-order chi connectivity index (χ1) is 15.2. The molecule has 2 aromatic carbocycles.